The number of benzene rings is 1. The summed E-state index contributed by atoms with van der Waals surface area (Å²) in [5.74, 6) is -0.248. The fourth-order valence-electron chi connectivity index (χ4n) is 2.80. The molecule has 1 unspecified atom stereocenters. The summed E-state index contributed by atoms with van der Waals surface area (Å²) in [4.78, 5) is 15.9. The largest absolute Gasteiger partial charge is 0.465 e. The second kappa shape index (κ2) is 8.01. The van der Waals surface area contributed by atoms with E-state index in [9.17, 15) is 9.90 Å². The van der Waals surface area contributed by atoms with E-state index in [1.165, 1.54) is 0 Å². The Labute approximate surface area is 152 Å². The smallest absolute Gasteiger partial charge is 0.325 e. The molecular weight excluding hydrogens is 330 g/mol. The molecule has 0 aliphatic carbocycles. The molecule has 0 fully saturated rings. The van der Waals surface area contributed by atoms with Gasteiger partial charge in [-0.25, -0.2) is 0 Å². The van der Waals surface area contributed by atoms with Gasteiger partial charge in [0.1, 0.15) is 6.54 Å². The minimum atomic E-state index is -0.632. The van der Waals surface area contributed by atoms with E-state index in [4.69, 9.17) is 4.74 Å². The van der Waals surface area contributed by atoms with Crippen molar-refractivity contribution in [2.75, 3.05) is 18.5 Å². The summed E-state index contributed by atoms with van der Waals surface area (Å²) in [5.41, 5.74) is 3.58. The highest BCUT2D eigenvalue weighted by molar-refractivity contribution is 5.85. The lowest BCUT2D eigenvalue weighted by molar-refractivity contribution is -0.143. The van der Waals surface area contributed by atoms with E-state index >= 15 is 0 Å². The molecule has 0 saturated carbocycles. The van der Waals surface area contributed by atoms with Crippen molar-refractivity contribution in [3.05, 3.63) is 60.0 Å². The zero-order chi connectivity index (χ0) is 18.5. The van der Waals surface area contributed by atoms with E-state index in [1.807, 2.05) is 54.1 Å². The summed E-state index contributed by atoms with van der Waals surface area (Å²) in [6, 6.07) is 11.6. The Morgan fingerprint density at radius 3 is 2.88 bits per heavy atom. The van der Waals surface area contributed by atoms with Crippen molar-refractivity contribution < 1.29 is 14.6 Å². The second-order valence-corrected chi connectivity index (χ2v) is 6.15. The van der Waals surface area contributed by atoms with E-state index in [0.717, 1.165) is 27.8 Å². The molecular formula is C20H23N3O3. The summed E-state index contributed by atoms with van der Waals surface area (Å²) in [5, 5.41) is 14.5. The molecule has 0 aliphatic heterocycles. The Morgan fingerprint density at radius 1 is 1.31 bits per heavy atom. The topological polar surface area (TPSA) is 76.4 Å². The lowest BCUT2D eigenvalue weighted by Gasteiger charge is -2.13. The van der Waals surface area contributed by atoms with Crippen LogP contribution in [0.25, 0.3) is 10.9 Å². The molecule has 0 amide bonds. The number of aliphatic hydroxyl groups is 1. The molecule has 0 radical (unpaired) electrons. The zero-order valence-corrected chi connectivity index (χ0v) is 15.0. The molecule has 2 heterocycles. The van der Waals surface area contributed by atoms with Gasteiger partial charge in [-0.05, 0) is 44.2 Å². The first-order chi connectivity index (χ1) is 12.6. The van der Waals surface area contributed by atoms with Gasteiger partial charge in [-0.2, -0.15) is 0 Å². The molecule has 136 valence electrons. The van der Waals surface area contributed by atoms with Crippen molar-refractivity contribution in [3.63, 3.8) is 0 Å². The zero-order valence-electron chi connectivity index (χ0n) is 15.0. The maximum absolute atomic E-state index is 11.7. The number of hydrogen-bond acceptors (Lipinski definition) is 5. The summed E-state index contributed by atoms with van der Waals surface area (Å²) in [7, 11) is 0. The van der Waals surface area contributed by atoms with Gasteiger partial charge >= 0.3 is 5.97 Å². The van der Waals surface area contributed by atoms with Crippen LogP contribution in [0, 0.1) is 6.92 Å². The van der Waals surface area contributed by atoms with Crippen molar-refractivity contribution in [1.82, 2.24) is 9.55 Å². The van der Waals surface area contributed by atoms with Gasteiger partial charge in [0, 0.05) is 46.8 Å². The van der Waals surface area contributed by atoms with Gasteiger partial charge < -0.3 is 19.7 Å². The number of nitrogens with one attached hydrogen (secondary N) is 1. The van der Waals surface area contributed by atoms with Gasteiger partial charge in [-0.15, -0.1) is 0 Å². The lowest BCUT2D eigenvalue weighted by Crippen LogP contribution is -2.13. The van der Waals surface area contributed by atoms with Crippen LogP contribution >= 0.6 is 0 Å². The van der Waals surface area contributed by atoms with Crippen LogP contribution in [0.2, 0.25) is 0 Å². The Hall–Kier alpha value is -2.86. The molecule has 0 bridgehead atoms. The number of pyridine rings is 1. The predicted octanol–water partition coefficient (Wildman–Crippen LogP) is 3.05. The van der Waals surface area contributed by atoms with Crippen LogP contribution in [0.5, 0.6) is 0 Å². The molecule has 6 heteroatoms. The van der Waals surface area contributed by atoms with Crippen molar-refractivity contribution in [3.8, 4) is 0 Å². The maximum atomic E-state index is 11.7. The molecule has 3 aromatic rings. The summed E-state index contributed by atoms with van der Waals surface area (Å²) >= 11 is 0. The number of hydrogen-bond donors (Lipinski definition) is 2. The highest BCUT2D eigenvalue weighted by Crippen LogP contribution is 2.22. The lowest BCUT2D eigenvalue weighted by atomic mass is 10.1. The standard InChI is InChI=1S/C20H23N3O3/c1-3-26-20(25)13-23-9-8-15-10-17(6-7-18(15)23)22-12-19(24)16-5-4-14(2)21-11-16/h4-11,19,22,24H,3,12-13H2,1-2H3. The molecule has 1 aromatic carbocycles. The molecule has 26 heavy (non-hydrogen) atoms. The monoisotopic (exact) mass is 353 g/mol. The molecule has 2 N–H and O–H groups in total. The fraction of sp³-hybridized carbons (Fsp3) is 0.300. The third kappa shape index (κ3) is 4.21. The average Bonchev–Trinajstić information content (AvgIpc) is 3.02. The number of anilines is 1. The number of ether oxygens (including phenoxy) is 1. The van der Waals surface area contributed by atoms with E-state index in [2.05, 4.69) is 10.3 Å². The van der Waals surface area contributed by atoms with Crippen LogP contribution in [0.1, 0.15) is 24.3 Å². The van der Waals surface area contributed by atoms with Gasteiger partial charge in [0.2, 0.25) is 0 Å². The van der Waals surface area contributed by atoms with Crippen LogP contribution in [0.4, 0.5) is 5.69 Å². The highest BCUT2D eigenvalue weighted by Gasteiger charge is 2.10. The Balaban J connectivity index is 1.66. The first-order valence-electron chi connectivity index (χ1n) is 8.66. The Bertz CT molecular complexity index is 887. The Kier molecular flexibility index (Phi) is 5.53. The Morgan fingerprint density at radius 2 is 2.15 bits per heavy atom. The normalized spacial score (nSPS) is 12.1. The number of esters is 1. The molecule has 0 spiro atoms. The molecule has 1 atom stereocenters. The first kappa shape index (κ1) is 17.9. The van der Waals surface area contributed by atoms with Crippen LogP contribution in [-0.2, 0) is 16.1 Å². The van der Waals surface area contributed by atoms with Gasteiger partial charge in [0.05, 0.1) is 12.7 Å². The van der Waals surface area contributed by atoms with Gasteiger partial charge in [-0.3, -0.25) is 9.78 Å². The number of aryl methyl sites for hydroxylation is 1. The molecule has 3 rings (SSSR count). The van der Waals surface area contributed by atoms with E-state index in [-0.39, 0.29) is 12.5 Å². The molecule has 0 saturated heterocycles. The fourth-order valence-corrected chi connectivity index (χ4v) is 2.80. The minimum Gasteiger partial charge on any atom is -0.465 e. The third-order valence-corrected chi connectivity index (χ3v) is 4.19. The van der Waals surface area contributed by atoms with Crippen molar-refractivity contribution in [1.29, 1.82) is 0 Å². The van der Waals surface area contributed by atoms with Crippen molar-refractivity contribution >= 4 is 22.6 Å². The van der Waals surface area contributed by atoms with Gasteiger partial charge in [-0.1, -0.05) is 6.07 Å². The van der Waals surface area contributed by atoms with Crippen molar-refractivity contribution in [2.45, 2.75) is 26.5 Å². The number of carbonyl (C=O) groups excluding carboxylic acids is 1. The molecule has 2 aromatic heterocycles. The quantitative estimate of drug-likeness (QED) is 0.639. The van der Waals surface area contributed by atoms with Crippen LogP contribution in [-0.4, -0.2) is 33.8 Å². The number of nitrogens with zero attached hydrogens (tertiary/aromatic N) is 2. The first-order valence-corrected chi connectivity index (χ1v) is 8.66. The maximum Gasteiger partial charge on any atom is 0.325 e. The second-order valence-electron chi connectivity index (χ2n) is 6.15. The number of carbonyl (C=O) groups is 1. The van der Waals surface area contributed by atoms with E-state index in [1.54, 1.807) is 13.1 Å². The van der Waals surface area contributed by atoms with E-state index < -0.39 is 6.10 Å². The van der Waals surface area contributed by atoms with Crippen LogP contribution < -0.4 is 5.32 Å². The predicted molar refractivity (Wildman–Crippen MR) is 101 cm³/mol. The van der Waals surface area contributed by atoms with Crippen LogP contribution in [0.3, 0.4) is 0 Å². The number of aliphatic hydroxyl groups excluding tert-OH is 1. The summed E-state index contributed by atoms with van der Waals surface area (Å²) in [6.07, 6.45) is 2.94. The molecule has 6 nitrogen and oxygen atoms in total. The minimum absolute atomic E-state index is 0.198. The van der Waals surface area contributed by atoms with Crippen molar-refractivity contribution in [2.24, 2.45) is 0 Å². The number of rotatable bonds is 7. The number of aromatic nitrogens is 2. The summed E-state index contributed by atoms with van der Waals surface area (Å²) < 4.78 is 6.86. The van der Waals surface area contributed by atoms with Gasteiger partial charge in [0.25, 0.3) is 0 Å². The van der Waals surface area contributed by atoms with E-state index in [0.29, 0.717) is 13.2 Å². The highest BCUT2D eigenvalue weighted by atomic mass is 16.5. The number of fused-ring (bicyclic) bond motifs is 1. The third-order valence-electron chi connectivity index (χ3n) is 4.19. The van der Waals surface area contributed by atoms with Crippen LogP contribution in [0.15, 0.2) is 48.8 Å². The summed E-state index contributed by atoms with van der Waals surface area (Å²) in [6.45, 7) is 4.68. The average molecular weight is 353 g/mol. The SMILES string of the molecule is CCOC(=O)Cn1ccc2cc(NCC(O)c3ccc(C)nc3)ccc21. The molecule has 0 aliphatic rings. The van der Waals surface area contributed by atoms with Gasteiger partial charge in [0.15, 0.2) is 0 Å².